The molecule has 3 rings (SSSR count). The van der Waals surface area contributed by atoms with Gasteiger partial charge in [0.25, 0.3) is 5.89 Å². The van der Waals surface area contributed by atoms with E-state index in [1.807, 2.05) is 0 Å². The molecule has 2 heterocycles. The first-order chi connectivity index (χ1) is 10.3. The van der Waals surface area contributed by atoms with Crippen LogP contribution in [-0.2, 0) is 16.0 Å². The summed E-state index contributed by atoms with van der Waals surface area (Å²) in [6, 6.07) is 0.309. The third-order valence-corrected chi connectivity index (χ3v) is 3.98. The summed E-state index contributed by atoms with van der Waals surface area (Å²) >= 11 is 0. The zero-order valence-electron chi connectivity index (χ0n) is 12.5. The minimum absolute atomic E-state index is 0. The van der Waals surface area contributed by atoms with Crippen molar-refractivity contribution in [2.45, 2.75) is 50.7 Å². The molecule has 0 unspecified atom stereocenters. The Balaban J connectivity index is 0.00000176. The molecule has 1 atom stereocenters. The molecule has 2 N–H and O–H groups in total. The highest BCUT2D eigenvalue weighted by atomic mass is 35.5. The highest BCUT2D eigenvalue weighted by Gasteiger charge is 2.23. The molecule has 1 aromatic heterocycles. The largest absolute Gasteiger partial charge is 0.366 e. The molecule has 2 aliphatic rings. The van der Waals surface area contributed by atoms with Gasteiger partial charge in [0.15, 0.2) is 5.82 Å². The first-order valence-corrected chi connectivity index (χ1v) is 7.75. The summed E-state index contributed by atoms with van der Waals surface area (Å²) < 4.78 is 10.7. The van der Waals surface area contributed by atoms with Crippen LogP contribution in [0.1, 0.15) is 49.9 Å². The highest BCUT2D eigenvalue weighted by Crippen LogP contribution is 2.18. The molecule has 2 fully saturated rings. The van der Waals surface area contributed by atoms with E-state index in [9.17, 15) is 4.79 Å². The number of nitrogens with one attached hydrogen (secondary N) is 2. The number of halogens is 1. The lowest BCUT2D eigenvalue weighted by Crippen LogP contribution is -2.37. The van der Waals surface area contributed by atoms with E-state index in [-0.39, 0.29) is 30.8 Å². The Bertz CT molecular complexity index is 470. The first-order valence-electron chi connectivity index (χ1n) is 7.75. The van der Waals surface area contributed by atoms with Gasteiger partial charge in [0.05, 0.1) is 13.0 Å². The normalized spacial score (nSPS) is 22.8. The van der Waals surface area contributed by atoms with Gasteiger partial charge in [-0.25, -0.2) is 0 Å². The molecule has 1 saturated heterocycles. The Hall–Kier alpha value is -1.18. The average Bonchev–Trinajstić information content (AvgIpc) is 2.97. The summed E-state index contributed by atoms with van der Waals surface area (Å²) in [5.74, 6) is 0.840. The molecule has 1 aromatic rings. The Morgan fingerprint density at radius 3 is 2.86 bits per heavy atom. The van der Waals surface area contributed by atoms with E-state index in [1.165, 1.54) is 19.3 Å². The Kier molecular flexibility index (Phi) is 6.60. The maximum Gasteiger partial charge on any atom is 0.257 e. The molecule has 0 spiro atoms. The number of carbonyl (C=O) groups excluding carboxylic acids is 1. The van der Waals surface area contributed by atoms with Gasteiger partial charge >= 0.3 is 0 Å². The lowest BCUT2D eigenvalue weighted by atomic mass is 9.95. The van der Waals surface area contributed by atoms with E-state index in [1.54, 1.807) is 0 Å². The Morgan fingerprint density at radius 2 is 2.14 bits per heavy atom. The molecule has 1 aliphatic carbocycles. The third-order valence-electron chi connectivity index (χ3n) is 3.98. The van der Waals surface area contributed by atoms with E-state index < -0.39 is 0 Å². The fourth-order valence-electron chi connectivity index (χ4n) is 2.86. The van der Waals surface area contributed by atoms with Crippen LogP contribution < -0.4 is 10.6 Å². The molecule has 1 amide bonds. The Labute approximate surface area is 136 Å². The number of morpholine rings is 1. The van der Waals surface area contributed by atoms with Gasteiger partial charge < -0.3 is 19.9 Å². The number of nitrogens with zero attached hydrogens (tertiary/aromatic N) is 2. The fourth-order valence-corrected chi connectivity index (χ4v) is 2.86. The molecule has 1 saturated carbocycles. The molecular weight excluding hydrogens is 308 g/mol. The van der Waals surface area contributed by atoms with Gasteiger partial charge in [0.2, 0.25) is 5.91 Å². The molecule has 1 aliphatic heterocycles. The molecule has 0 aromatic carbocycles. The van der Waals surface area contributed by atoms with E-state index >= 15 is 0 Å². The number of rotatable bonds is 4. The van der Waals surface area contributed by atoms with Gasteiger partial charge in [-0.05, 0) is 12.8 Å². The van der Waals surface area contributed by atoms with Crippen molar-refractivity contribution in [2.24, 2.45) is 0 Å². The second-order valence-electron chi connectivity index (χ2n) is 5.69. The number of hydrogen-bond acceptors (Lipinski definition) is 6. The molecular formula is C14H23ClN4O3. The number of hydrogen-bond donors (Lipinski definition) is 2. The standard InChI is InChI=1S/C14H22N4O3.ClH/c19-13(16-10-4-2-1-3-5-10)8-12-17-14(21-18-12)11-9-15-6-7-20-11;/h10-11,15H,1-9H2,(H,16,19);1H/t11-;/m0./s1. The van der Waals surface area contributed by atoms with Gasteiger partial charge in [0, 0.05) is 19.1 Å². The predicted molar refractivity (Wildman–Crippen MR) is 81.8 cm³/mol. The maximum absolute atomic E-state index is 12.0. The summed E-state index contributed by atoms with van der Waals surface area (Å²) in [7, 11) is 0. The average molecular weight is 331 g/mol. The van der Waals surface area contributed by atoms with Crippen LogP contribution in [-0.4, -0.2) is 41.8 Å². The number of carbonyl (C=O) groups is 1. The molecule has 124 valence electrons. The van der Waals surface area contributed by atoms with E-state index in [0.717, 1.165) is 19.4 Å². The van der Waals surface area contributed by atoms with E-state index in [4.69, 9.17) is 9.26 Å². The summed E-state index contributed by atoms with van der Waals surface area (Å²) in [5, 5.41) is 10.1. The highest BCUT2D eigenvalue weighted by molar-refractivity contribution is 5.85. The summed E-state index contributed by atoms with van der Waals surface area (Å²) in [6.45, 7) is 2.13. The second kappa shape index (κ2) is 8.45. The third kappa shape index (κ3) is 4.66. The summed E-state index contributed by atoms with van der Waals surface area (Å²) in [4.78, 5) is 16.3. The molecule has 7 nitrogen and oxygen atoms in total. The van der Waals surface area contributed by atoms with Crippen molar-refractivity contribution in [3.05, 3.63) is 11.7 Å². The van der Waals surface area contributed by atoms with Crippen LogP contribution in [0.15, 0.2) is 4.52 Å². The van der Waals surface area contributed by atoms with E-state index in [2.05, 4.69) is 20.8 Å². The van der Waals surface area contributed by atoms with Crippen molar-refractivity contribution in [3.8, 4) is 0 Å². The predicted octanol–water partition coefficient (Wildman–Crippen LogP) is 1.14. The van der Waals surface area contributed by atoms with E-state index in [0.29, 0.717) is 30.9 Å². The molecule has 8 heteroatoms. The van der Waals surface area contributed by atoms with Gasteiger partial charge in [-0.2, -0.15) is 4.98 Å². The maximum atomic E-state index is 12.0. The van der Waals surface area contributed by atoms with Crippen molar-refractivity contribution < 1.29 is 14.1 Å². The lowest BCUT2D eigenvalue weighted by Gasteiger charge is -2.22. The van der Waals surface area contributed by atoms with Crippen LogP contribution >= 0.6 is 12.4 Å². The molecule has 22 heavy (non-hydrogen) atoms. The zero-order chi connectivity index (χ0) is 14.5. The summed E-state index contributed by atoms with van der Waals surface area (Å²) in [5.41, 5.74) is 0. The first kappa shape index (κ1) is 17.2. The fraction of sp³-hybridized carbons (Fsp3) is 0.786. The molecule has 0 bridgehead atoms. The zero-order valence-corrected chi connectivity index (χ0v) is 13.4. The van der Waals surface area contributed by atoms with Crippen LogP contribution in [0.25, 0.3) is 0 Å². The second-order valence-corrected chi connectivity index (χ2v) is 5.69. The van der Waals surface area contributed by atoms with Gasteiger partial charge in [-0.3, -0.25) is 4.79 Å². The van der Waals surface area contributed by atoms with Gasteiger partial charge in [-0.1, -0.05) is 24.4 Å². The van der Waals surface area contributed by atoms with Crippen molar-refractivity contribution in [1.29, 1.82) is 0 Å². The smallest absolute Gasteiger partial charge is 0.257 e. The van der Waals surface area contributed by atoms with Crippen molar-refractivity contribution in [3.63, 3.8) is 0 Å². The SMILES string of the molecule is Cl.O=C(Cc1noc([C@@H]2CNCCO2)n1)NC1CCCCC1. The van der Waals surface area contributed by atoms with Crippen LogP contribution in [0.5, 0.6) is 0 Å². The monoisotopic (exact) mass is 330 g/mol. The lowest BCUT2D eigenvalue weighted by molar-refractivity contribution is -0.121. The van der Waals surface area contributed by atoms with Crippen LogP contribution in [0, 0.1) is 0 Å². The minimum Gasteiger partial charge on any atom is -0.366 e. The topological polar surface area (TPSA) is 89.3 Å². The van der Waals surface area contributed by atoms with Crippen LogP contribution in [0.3, 0.4) is 0 Å². The number of amides is 1. The quantitative estimate of drug-likeness (QED) is 0.860. The van der Waals surface area contributed by atoms with Crippen molar-refractivity contribution >= 4 is 18.3 Å². The minimum atomic E-state index is -0.207. The van der Waals surface area contributed by atoms with Crippen molar-refractivity contribution in [2.75, 3.05) is 19.7 Å². The van der Waals surface area contributed by atoms with Gasteiger partial charge in [-0.15, -0.1) is 12.4 Å². The van der Waals surface area contributed by atoms with Crippen LogP contribution in [0.2, 0.25) is 0 Å². The van der Waals surface area contributed by atoms with Crippen molar-refractivity contribution in [1.82, 2.24) is 20.8 Å². The van der Waals surface area contributed by atoms with Gasteiger partial charge in [0.1, 0.15) is 6.10 Å². The Morgan fingerprint density at radius 1 is 1.32 bits per heavy atom. The summed E-state index contributed by atoms with van der Waals surface area (Å²) in [6.07, 6.45) is 5.78. The number of ether oxygens (including phenoxy) is 1. The molecule has 0 radical (unpaired) electrons. The number of aromatic nitrogens is 2. The van der Waals surface area contributed by atoms with Crippen LogP contribution in [0.4, 0.5) is 0 Å².